The van der Waals surface area contributed by atoms with Crippen molar-refractivity contribution in [3.63, 3.8) is 0 Å². The average molecular weight is 86.1 g/mol. The Kier molecular flexibility index (Phi) is 2.13. The van der Waals surface area contributed by atoms with Gasteiger partial charge in [-0.25, -0.2) is 4.79 Å². The van der Waals surface area contributed by atoms with Crippen LogP contribution >= 0.6 is 0 Å². The average Bonchev–Trinajstić information content (AvgIpc) is 1.35. The summed E-state index contributed by atoms with van der Waals surface area (Å²) in [4.78, 5) is 9.51. The van der Waals surface area contributed by atoms with Crippen LogP contribution in [0.5, 0.6) is 0 Å². The molecule has 0 aliphatic heterocycles. The molecule has 1 N–H and O–H groups in total. The molecule has 0 aliphatic carbocycles. The van der Waals surface area contributed by atoms with Crippen LogP contribution in [0.15, 0.2) is 12.2 Å². The summed E-state index contributed by atoms with van der Waals surface area (Å²) in [5.41, 5.74) is 0. The number of hydrogen-bond acceptors (Lipinski definition) is 1. The highest BCUT2D eigenvalue weighted by atomic mass is 16.4. The number of carbonyl (C=O) groups is 1. The molecule has 2 heteroatoms. The minimum absolute atomic E-state index is 0.891. The quantitative estimate of drug-likeness (QED) is 0.475. The Morgan fingerprint density at radius 1 is 1.83 bits per heavy atom. The highest BCUT2D eigenvalue weighted by Gasteiger charge is 1.76. The molecule has 2 nitrogen and oxygen atoms in total. The van der Waals surface area contributed by atoms with E-state index in [0.29, 0.717) is 0 Å². The predicted molar refractivity (Wildman–Crippen MR) is 22.4 cm³/mol. The SMILES string of the molecule is CC=CC(=O)O. The van der Waals surface area contributed by atoms with Crippen molar-refractivity contribution in [2.24, 2.45) is 0 Å². The van der Waals surface area contributed by atoms with Gasteiger partial charge >= 0.3 is 5.97 Å². The Morgan fingerprint density at radius 2 is 2.33 bits per heavy atom. The maximum absolute atomic E-state index is 9.51. The first kappa shape index (κ1) is 5.21. The summed E-state index contributed by atoms with van der Waals surface area (Å²) in [6.45, 7) is 1.66. The van der Waals surface area contributed by atoms with Crippen molar-refractivity contribution in [2.75, 3.05) is 0 Å². The molecule has 0 unspecified atom stereocenters. The van der Waals surface area contributed by atoms with Crippen LogP contribution in [0.2, 0.25) is 0 Å². The van der Waals surface area contributed by atoms with Gasteiger partial charge in [-0.1, -0.05) is 6.08 Å². The van der Waals surface area contributed by atoms with E-state index in [-0.39, 0.29) is 0 Å². The number of rotatable bonds is 1. The Labute approximate surface area is 36.1 Å². The van der Waals surface area contributed by atoms with Crippen LogP contribution in [-0.2, 0) is 4.79 Å². The maximum Gasteiger partial charge on any atom is 0.327 e. The molecule has 0 bridgehead atoms. The smallest absolute Gasteiger partial charge is 0.327 e. The summed E-state index contributed by atoms with van der Waals surface area (Å²) in [5.74, 6) is -0.891. The molecule has 0 heterocycles. The summed E-state index contributed by atoms with van der Waals surface area (Å²) in [6, 6.07) is 0. The second-order valence-electron chi connectivity index (χ2n) is 0.838. The zero-order chi connectivity index (χ0) is 4.99. The highest BCUT2D eigenvalue weighted by Crippen LogP contribution is 1.65. The summed E-state index contributed by atoms with van der Waals surface area (Å²) in [5, 5.41) is 7.83. The molecule has 0 atom stereocenters. The lowest BCUT2D eigenvalue weighted by atomic mass is 10.5. The highest BCUT2D eigenvalue weighted by molar-refractivity contribution is 5.79. The van der Waals surface area contributed by atoms with E-state index in [1.165, 1.54) is 6.08 Å². The molecular weight excluding hydrogens is 80.0 g/mol. The van der Waals surface area contributed by atoms with Crippen LogP contribution in [-0.4, -0.2) is 11.1 Å². The molecular formula is C4H6O2. The van der Waals surface area contributed by atoms with Crippen LogP contribution in [0.1, 0.15) is 6.92 Å². The lowest BCUT2D eigenvalue weighted by Gasteiger charge is -1.68. The van der Waals surface area contributed by atoms with E-state index < -0.39 is 5.97 Å². The van der Waals surface area contributed by atoms with Gasteiger partial charge in [0, 0.05) is 6.08 Å². The summed E-state index contributed by atoms with van der Waals surface area (Å²) in [7, 11) is 0. The van der Waals surface area contributed by atoms with Crippen molar-refractivity contribution in [3.05, 3.63) is 12.2 Å². The normalized spacial score (nSPS) is 9.50. The van der Waals surface area contributed by atoms with E-state index in [1.807, 2.05) is 0 Å². The number of carboxylic acid groups (broad SMARTS) is 1. The molecule has 0 amide bonds. The van der Waals surface area contributed by atoms with Gasteiger partial charge in [-0.3, -0.25) is 0 Å². The Morgan fingerprint density at radius 3 is 2.33 bits per heavy atom. The standard InChI is InChI=1S/C4H6O2/c1-2-3-4(5)6/h2-3H,1H3,(H,5,6). The van der Waals surface area contributed by atoms with Gasteiger partial charge < -0.3 is 5.11 Å². The third kappa shape index (κ3) is 3.21. The molecule has 0 aromatic carbocycles. The summed E-state index contributed by atoms with van der Waals surface area (Å²) >= 11 is 0. The lowest BCUT2D eigenvalue weighted by Crippen LogP contribution is -1.83. The van der Waals surface area contributed by atoms with Gasteiger partial charge in [0.25, 0.3) is 0 Å². The minimum Gasteiger partial charge on any atom is -0.478 e. The maximum atomic E-state index is 9.51. The fourth-order valence-corrected chi connectivity index (χ4v) is 0.143. The minimum atomic E-state index is -0.891. The number of allylic oxidation sites excluding steroid dienone is 1. The topological polar surface area (TPSA) is 37.3 Å². The second kappa shape index (κ2) is 2.45. The van der Waals surface area contributed by atoms with Gasteiger partial charge in [0.05, 0.1) is 0 Å². The van der Waals surface area contributed by atoms with Gasteiger partial charge in [0.15, 0.2) is 0 Å². The fraction of sp³-hybridized carbons (Fsp3) is 0.250. The van der Waals surface area contributed by atoms with Crippen molar-refractivity contribution in [2.45, 2.75) is 6.92 Å². The Balaban J connectivity index is 3.30. The molecule has 0 aromatic heterocycles. The number of carboxylic acids is 1. The predicted octanol–water partition coefficient (Wildman–Crippen LogP) is 0.647. The van der Waals surface area contributed by atoms with Crippen molar-refractivity contribution >= 4 is 5.97 Å². The number of hydrogen-bond donors (Lipinski definition) is 1. The van der Waals surface area contributed by atoms with E-state index in [9.17, 15) is 4.79 Å². The van der Waals surface area contributed by atoms with Crippen molar-refractivity contribution in [1.29, 1.82) is 0 Å². The molecule has 0 saturated carbocycles. The van der Waals surface area contributed by atoms with Crippen molar-refractivity contribution in [1.82, 2.24) is 0 Å². The molecule has 0 fully saturated rings. The molecule has 0 radical (unpaired) electrons. The van der Waals surface area contributed by atoms with Crippen molar-refractivity contribution in [3.8, 4) is 0 Å². The van der Waals surface area contributed by atoms with Gasteiger partial charge in [0.2, 0.25) is 0 Å². The van der Waals surface area contributed by atoms with Gasteiger partial charge in [0.1, 0.15) is 0 Å². The monoisotopic (exact) mass is 86.0 g/mol. The van der Waals surface area contributed by atoms with Crippen LogP contribution in [0.4, 0.5) is 0 Å². The van der Waals surface area contributed by atoms with Gasteiger partial charge in [-0.15, -0.1) is 0 Å². The van der Waals surface area contributed by atoms with E-state index in [4.69, 9.17) is 5.11 Å². The van der Waals surface area contributed by atoms with Gasteiger partial charge in [-0.05, 0) is 6.92 Å². The molecule has 0 aliphatic rings. The van der Waals surface area contributed by atoms with E-state index in [0.717, 1.165) is 6.08 Å². The molecule has 0 rings (SSSR count). The fourth-order valence-electron chi connectivity index (χ4n) is 0.143. The lowest BCUT2D eigenvalue weighted by molar-refractivity contribution is -0.131. The van der Waals surface area contributed by atoms with Crippen molar-refractivity contribution < 1.29 is 9.90 Å². The Hall–Kier alpha value is -0.790. The second-order valence-corrected chi connectivity index (χ2v) is 0.838. The van der Waals surface area contributed by atoms with Crippen LogP contribution in [0.3, 0.4) is 0 Å². The largest absolute Gasteiger partial charge is 0.478 e. The van der Waals surface area contributed by atoms with Crippen LogP contribution in [0, 0.1) is 0 Å². The first-order valence-corrected chi connectivity index (χ1v) is 1.63. The first-order chi connectivity index (χ1) is 2.77. The van der Waals surface area contributed by atoms with E-state index in [1.54, 1.807) is 6.92 Å². The third-order valence-electron chi connectivity index (χ3n) is 0.309. The molecule has 0 aromatic rings. The zero-order valence-electron chi connectivity index (χ0n) is 3.51. The van der Waals surface area contributed by atoms with E-state index >= 15 is 0 Å². The molecule has 0 saturated heterocycles. The summed E-state index contributed by atoms with van der Waals surface area (Å²) < 4.78 is 0. The first-order valence-electron chi connectivity index (χ1n) is 1.63. The van der Waals surface area contributed by atoms with E-state index in [2.05, 4.69) is 0 Å². The third-order valence-corrected chi connectivity index (χ3v) is 0.309. The number of aliphatic carboxylic acids is 1. The van der Waals surface area contributed by atoms with Gasteiger partial charge in [-0.2, -0.15) is 0 Å². The Bertz CT molecular complexity index is 73.6. The zero-order valence-corrected chi connectivity index (χ0v) is 3.51. The van der Waals surface area contributed by atoms with Crippen LogP contribution < -0.4 is 0 Å². The molecule has 34 valence electrons. The molecule has 6 heavy (non-hydrogen) atoms. The summed E-state index contributed by atoms with van der Waals surface area (Å²) in [6.07, 6.45) is 2.56. The molecule has 0 spiro atoms. The van der Waals surface area contributed by atoms with Crippen LogP contribution in [0.25, 0.3) is 0 Å².